The van der Waals surface area contributed by atoms with Gasteiger partial charge in [-0.3, -0.25) is 15.1 Å². The first-order chi connectivity index (χ1) is 12.6. The lowest BCUT2D eigenvalue weighted by molar-refractivity contribution is -0.385. The van der Waals surface area contributed by atoms with Gasteiger partial charge in [0.05, 0.1) is 26.4 Å². The molecule has 0 aliphatic heterocycles. The van der Waals surface area contributed by atoms with Crippen LogP contribution < -0.4 is 4.74 Å². The van der Waals surface area contributed by atoms with E-state index in [1.54, 1.807) is 19.1 Å². The van der Waals surface area contributed by atoms with Crippen LogP contribution in [0.2, 0.25) is 5.02 Å². The molecule has 0 amide bonds. The topological polar surface area (TPSA) is 65.3 Å². The molecule has 0 unspecified atom stereocenters. The minimum Gasteiger partial charge on any atom is -0.449 e. The number of halogens is 4. The molecule has 0 N–H and O–H groups in total. The number of benzene rings is 2. The number of hydrogen-bond acceptors (Lipinski definition) is 4. The average molecular weight is 397 g/mol. The highest BCUT2D eigenvalue weighted by molar-refractivity contribution is 6.36. The first-order valence-electron chi connectivity index (χ1n) is 7.68. The molecule has 1 heterocycles. The summed E-state index contributed by atoms with van der Waals surface area (Å²) in [4.78, 5) is 14.7. The summed E-state index contributed by atoms with van der Waals surface area (Å²) in [7, 11) is 0. The van der Waals surface area contributed by atoms with Crippen LogP contribution in [0.15, 0.2) is 36.4 Å². The first-order valence-corrected chi connectivity index (χ1v) is 8.05. The summed E-state index contributed by atoms with van der Waals surface area (Å²) in [6, 6.07) is 7.01. The molecule has 0 radical (unpaired) electrons. The van der Waals surface area contributed by atoms with E-state index in [-0.39, 0.29) is 11.5 Å². The van der Waals surface area contributed by atoms with Crippen LogP contribution in [0.3, 0.4) is 0 Å². The normalized spacial score (nSPS) is 11.6. The summed E-state index contributed by atoms with van der Waals surface area (Å²) in [5.41, 5.74) is -0.00299. The van der Waals surface area contributed by atoms with Crippen molar-refractivity contribution in [1.82, 2.24) is 4.98 Å². The molecule has 1 aromatic heterocycles. The maximum absolute atomic E-state index is 12.9. The molecule has 2 aromatic carbocycles. The van der Waals surface area contributed by atoms with Gasteiger partial charge in [0, 0.05) is 17.8 Å². The van der Waals surface area contributed by atoms with Crippen LogP contribution in [0.4, 0.5) is 18.9 Å². The van der Waals surface area contributed by atoms with E-state index in [2.05, 4.69) is 4.98 Å². The molecule has 0 aliphatic carbocycles. The number of pyridine rings is 1. The molecular formula is C18H12ClF3N2O3. The molecule has 0 bridgehead atoms. The van der Waals surface area contributed by atoms with Crippen molar-refractivity contribution in [1.29, 1.82) is 0 Å². The fourth-order valence-electron chi connectivity index (χ4n) is 2.64. The molecule has 0 spiro atoms. The van der Waals surface area contributed by atoms with Gasteiger partial charge in [-0.2, -0.15) is 13.2 Å². The summed E-state index contributed by atoms with van der Waals surface area (Å²) < 4.78 is 44.2. The van der Waals surface area contributed by atoms with E-state index in [9.17, 15) is 23.3 Å². The molecule has 3 rings (SSSR count). The smallest absolute Gasteiger partial charge is 0.416 e. The van der Waals surface area contributed by atoms with Crippen LogP contribution in [-0.2, 0) is 6.18 Å². The number of fused-ring (bicyclic) bond motifs is 1. The molecule has 140 valence electrons. The van der Waals surface area contributed by atoms with Crippen LogP contribution in [-0.4, -0.2) is 9.91 Å². The number of nitro groups is 1. The standard InChI is InChI=1S/C18H12ClF3N2O3/c1-9-3-5-12(19)16-15(7-10(2)23-17(9)16)27-14-6-4-11(18(20,21)22)8-13(14)24(25)26/h3-8H,1-2H3. The van der Waals surface area contributed by atoms with Gasteiger partial charge >= 0.3 is 11.9 Å². The second kappa shape index (κ2) is 6.70. The van der Waals surface area contributed by atoms with Gasteiger partial charge in [-0.15, -0.1) is 0 Å². The Labute approximate surface area is 156 Å². The Hall–Kier alpha value is -2.87. The van der Waals surface area contributed by atoms with Crippen LogP contribution >= 0.6 is 11.6 Å². The number of alkyl halides is 3. The third kappa shape index (κ3) is 3.66. The lowest BCUT2D eigenvalue weighted by atomic mass is 10.1. The van der Waals surface area contributed by atoms with E-state index in [1.165, 1.54) is 6.07 Å². The zero-order valence-electron chi connectivity index (χ0n) is 14.1. The second-order valence-electron chi connectivity index (χ2n) is 5.89. The Kier molecular flexibility index (Phi) is 4.69. The van der Waals surface area contributed by atoms with Gasteiger partial charge in [0.25, 0.3) is 0 Å². The number of aromatic nitrogens is 1. The monoisotopic (exact) mass is 396 g/mol. The second-order valence-corrected chi connectivity index (χ2v) is 6.30. The lowest BCUT2D eigenvalue weighted by Gasteiger charge is -2.13. The van der Waals surface area contributed by atoms with Crippen molar-refractivity contribution in [2.75, 3.05) is 0 Å². The lowest BCUT2D eigenvalue weighted by Crippen LogP contribution is -2.06. The van der Waals surface area contributed by atoms with Crippen molar-refractivity contribution in [2.45, 2.75) is 20.0 Å². The van der Waals surface area contributed by atoms with Gasteiger partial charge in [0.2, 0.25) is 5.75 Å². The third-order valence-corrected chi connectivity index (χ3v) is 4.22. The largest absolute Gasteiger partial charge is 0.449 e. The van der Waals surface area contributed by atoms with Gasteiger partial charge in [-0.05, 0) is 37.6 Å². The summed E-state index contributed by atoms with van der Waals surface area (Å²) in [5, 5.41) is 12.0. The zero-order chi connectivity index (χ0) is 19.9. The molecule has 3 aromatic rings. The number of aryl methyl sites for hydroxylation is 2. The number of ether oxygens (including phenoxy) is 1. The molecular weight excluding hydrogens is 385 g/mol. The average Bonchev–Trinajstić information content (AvgIpc) is 2.57. The van der Waals surface area contributed by atoms with Gasteiger partial charge in [0.15, 0.2) is 0 Å². The van der Waals surface area contributed by atoms with Crippen LogP contribution in [0.25, 0.3) is 10.9 Å². The Balaban J connectivity index is 2.19. The van der Waals surface area contributed by atoms with Gasteiger partial charge in [0.1, 0.15) is 5.75 Å². The maximum Gasteiger partial charge on any atom is 0.416 e. The fourth-order valence-corrected chi connectivity index (χ4v) is 2.89. The van der Waals surface area contributed by atoms with Crippen molar-refractivity contribution in [3.8, 4) is 11.5 Å². The molecule has 0 atom stereocenters. The Morgan fingerprint density at radius 3 is 2.44 bits per heavy atom. The Bertz CT molecular complexity index is 1070. The maximum atomic E-state index is 12.9. The molecule has 27 heavy (non-hydrogen) atoms. The third-order valence-electron chi connectivity index (χ3n) is 3.91. The van der Waals surface area contributed by atoms with E-state index in [0.717, 1.165) is 17.7 Å². The van der Waals surface area contributed by atoms with Crippen molar-refractivity contribution in [3.63, 3.8) is 0 Å². The van der Waals surface area contributed by atoms with E-state index in [4.69, 9.17) is 16.3 Å². The SMILES string of the molecule is Cc1cc(Oc2ccc(C(F)(F)F)cc2[N+](=O)[O-])c2c(Cl)ccc(C)c2n1. The number of nitro benzene ring substituents is 1. The summed E-state index contributed by atoms with van der Waals surface area (Å²) in [6.07, 6.45) is -4.70. The van der Waals surface area contributed by atoms with Crippen LogP contribution in [0, 0.1) is 24.0 Å². The quantitative estimate of drug-likeness (QED) is 0.389. The first kappa shape index (κ1) is 18.9. The van der Waals surface area contributed by atoms with Crippen molar-refractivity contribution < 1.29 is 22.8 Å². The van der Waals surface area contributed by atoms with E-state index < -0.39 is 22.4 Å². The Morgan fingerprint density at radius 2 is 1.81 bits per heavy atom. The highest BCUT2D eigenvalue weighted by Gasteiger charge is 2.33. The molecule has 9 heteroatoms. The molecule has 0 aliphatic rings. The number of hydrogen-bond donors (Lipinski definition) is 0. The summed E-state index contributed by atoms with van der Waals surface area (Å²) in [5.74, 6) is -0.147. The van der Waals surface area contributed by atoms with E-state index in [0.29, 0.717) is 27.7 Å². The predicted octanol–water partition coefficient (Wildman–Crippen LogP) is 6.22. The molecule has 0 saturated heterocycles. The number of nitrogens with zero attached hydrogens (tertiary/aromatic N) is 2. The minimum atomic E-state index is -4.70. The molecule has 0 saturated carbocycles. The van der Waals surface area contributed by atoms with Crippen molar-refractivity contribution >= 4 is 28.2 Å². The molecule has 0 fully saturated rings. The Morgan fingerprint density at radius 1 is 1.11 bits per heavy atom. The van der Waals surface area contributed by atoms with Crippen LogP contribution in [0.5, 0.6) is 11.5 Å². The fraction of sp³-hybridized carbons (Fsp3) is 0.167. The summed E-state index contributed by atoms with van der Waals surface area (Å²) >= 11 is 6.24. The van der Waals surface area contributed by atoms with E-state index in [1.807, 2.05) is 6.92 Å². The summed E-state index contributed by atoms with van der Waals surface area (Å²) in [6.45, 7) is 3.52. The van der Waals surface area contributed by atoms with Crippen LogP contribution in [0.1, 0.15) is 16.8 Å². The molecule has 5 nitrogen and oxygen atoms in total. The van der Waals surface area contributed by atoms with Crippen molar-refractivity contribution in [3.05, 3.63) is 68.4 Å². The number of rotatable bonds is 3. The zero-order valence-corrected chi connectivity index (χ0v) is 14.9. The van der Waals surface area contributed by atoms with Gasteiger partial charge in [-0.25, -0.2) is 0 Å². The van der Waals surface area contributed by atoms with Gasteiger partial charge < -0.3 is 4.74 Å². The predicted molar refractivity (Wildman–Crippen MR) is 94.4 cm³/mol. The minimum absolute atomic E-state index is 0.175. The highest BCUT2D eigenvalue weighted by Crippen LogP contribution is 2.41. The van der Waals surface area contributed by atoms with E-state index >= 15 is 0 Å². The van der Waals surface area contributed by atoms with Crippen molar-refractivity contribution in [2.24, 2.45) is 0 Å². The highest BCUT2D eigenvalue weighted by atomic mass is 35.5. The van der Waals surface area contributed by atoms with Gasteiger partial charge in [-0.1, -0.05) is 17.7 Å².